The highest BCUT2D eigenvalue weighted by atomic mass is 32.1. The van der Waals surface area contributed by atoms with Gasteiger partial charge in [0.05, 0.1) is 12.8 Å². The minimum atomic E-state index is -0.313. The van der Waals surface area contributed by atoms with Crippen LogP contribution in [0, 0.1) is 0 Å². The van der Waals surface area contributed by atoms with Crippen molar-refractivity contribution in [2.75, 3.05) is 12.4 Å². The van der Waals surface area contributed by atoms with Crippen LogP contribution in [0.1, 0.15) is 16.1 Å². The molecule has 0 aliphatic carbocycles. The molecule has 0 spiro atoms. The Morgan fingerprint density at radius 2 is 2.20 bits per heavy atom. The molecule has 1 aromatic heterocycles. The first-order valence-electron chi connectivity index (χ1n) is 5.80. The highest BCUT2D eigenvalue weighted by molar-refractivity contribution is 7.80. The van der Waals surface area contributed by atoms with E-state index in [1.54, 1.807) is 42.2 Å². The Kier molecular flexibility index (Phi) is 3.99. The van der Waals surface area contributed by atoms with Crippen molar-refractivity contribution in [3.8, 4) is 5.75 Å². The van der Waals surface area contributed by atoms with Gasteiger partial charge in [0.2, 0.25) is 0 Å². The number of hydrogen-bond acceptors (Lipinski definition) is 4. The van der Waals surface area contributed by atoms with Gasteiger partial charge < -0.3 is 15.8 Å². The second-order valence-electron chi connectivity index (χ2n) is 4.11. The van der Waals surface area contributed by atoms with Gasteiger partial charge in [0.15, 0.2) is 5.69 Å². The smallest absolute Gasteiger partial charge is 0.276 e. The number of aromatic nitrogens is 2. The van der Waals surface area contributed by atoms with Crippen molar-refractivity contribution >= 4 is 28.8 Å². The van der Waals surface area contributed by atoms with Crippen LogP contribution in [-0.4, -0.2) is 27.8 Å². The summed E-state index contributed by atoms with van der Waals surface area (Å²) in [6.07, 6.45) is 1.70. The zero-order valence-electron chi connectivity index (χ0n) is 11.1. The minimum absolute atomic E-state index is 0.269. The van der Waals surface area contributed by atoms with Gasteiger partial charge in [0, 0.05) is 18.8 Å². The fourth-order valence-electron chi connectivity index (χ4n) is 1.67. The van der Waals surface area contributed by atoms with E-state index in [4.69, 9.17) is 22.7 Å². The van der Waals surface area contributed by atoms with Crippen molar-refractivity contribution in [2.24, 2.45) is 12.8 Å². The molecular formula is C13H14N4O2S. The lowest BCUT2D eigenvalue weighted by Crippen LogP contribution is -2.15. The lowest BCUT2D eigenvalue weighted by atomic mass is 10.2. The molecular weight excluding hydrogens is 276 g/mol. The highest BCUT2D eigenvalue weighted by Crippen LogP contribution is 2.26. The van der Waals surface area contributed by atoms with Gasteiger partial charge in [-0.1, -0.05) is 12.2 Å². The number of carbonyl (C=O) groups is 1. The summed E-state index contributed by atoms with van der Waals surface area (Å²) in [4.78, 5) is 12.3. The number of hydrogen-bond donors (Lipinski definition) is 2. The van der Waals surface area contributed by atoms with Gasteiger partial charge in [-0.3, -0.25) is 9.48 Å². The van der Waals surface area contributed by atoms with Crippen molar-refractivity contribution in [2.45, 2.75) is 0 Å². The van der Waals surface area contributed by atoms with E-state index in [0.717, 1.165) is 0 Å². The fourth-order valence-corrected chi connectivity index (χ4v) is 1.80. The summed E-state index contributed by atoms with van der Waals surface area (Å²) < 4.78 is 6.78. The molecule has 2 rings (SSSR count). The summed E-state index contributed by atoms with van der Waals surface area (Å²) >= 11 is 4.90. The molecule has 0 atom stereocenters. The van der Waals surface area contributed by atoms with Crippen LogP contribution < -0.4 is 15.8 Å². The van der Waals surface area contributed by atoms with E-state index in [1.807, 2.05) is 0 Å². The first kappa shape index (κ1) is 14.0. The standard InChI is InChI=1S/C13H14N4O2S/c1-17-6-5-10(16-17)13(18)15-9-4-3-8(12(14)20)7-11(9)19-2/h3-7H,1-2H3,(H2,14,20)(H,15,18). The Bertz CT molecular complexity index is 666. The molecule has 0 fully saturated rings. The number of rotatable bonds is 4. The Morgan fingerprint density at radius 1 is 1.45 bits per heavy atom. The largest absolute Gasteiger partial charge is 0.495 e. The molecule has 1 amide bonds. The van der Waals surface area contributed by atoms with Crippen molar-refractivity contribution < 1.29 is 9.53 Å². The average molecular weight is 290 g/mol. The number of methoxy groups -OCH3 is 1. The molecule has 1 aromatic carbocycles. The lowest BCUT2D eigenvalue weighted by Gasteiger charge is -2.10. The first-order valence-corrected chi connectivity index (χ1v) is 6.21. The summed E-state index contributed by atoms with van der Waals surface area (Å²) in [5.41, 5.74) is 7.09. The van der Waals surface area contributed by atoms with Crippen LogP contribution in [0.5, 0.6) is 5.75 Å². The Hall–Kier alpha value is -2.41. The second-order valence-corrected chi connectivity index (χ2v) is 4.55. The zero-order valence-corrected chi connectivity index (χ0v) is 11.9. The van der Waals surface area contributed by atoms with Crippen LogP contribution in [0.4, 0.5) is 5.69 Å². The van der Waals surface area contributed by atoms with Gasteiger partial charge in [0.1, 0.15) is 10.7 Å². The van der Waals surface area contributed by atoms with E-state index < -0.39 is 0 Å². The predicted molar refractivity (Wildman–Crippen MR) is 80.0 cm³/mol. The summed E-state index contributed by atoms with van der Waals surface area (Å²) in [5, 5.41) is 6.76. The molecule has 3 N–H and O–H groups in total. The zero-order chi connectivity index (χ0) is 14.7. The second kappa shape index (κ2) is 5.70. The molecule has 0 saturated carbocycles. The third-order valence-corrected chi connectivity index (χ3v) is 2.92. The van der Waals surface area contributed by atoms with Gasteiger partial charge in [-0.15, -0.1) is 0 Å². The van der Waals surface area contributed by atoms with Gasteiger partial charge in [-0.25, -0.2) is 0 Å². The highest BCUT2D eigenvalue weighted by Gasteiger charge is 2.13. The van der Waals surface area contributed by atoms with E-state index in [9.17, 15) is 4.79 Å². The van der Waals surface area contributed by atoms with E-state index in [-0.39, 0.29) is 10.9 Å². The minimum Gasteiger partial charge on any atom is -0.495 e. The molecule has 0 bridgehead atoms. The summed E-state index contributed by atoms with van der Waals surface area (Å²) in [6, 6.07) is 6.72. The summed E-state index contributed by atoms with van der Waals surface area (Å²) in [6.45, 7) is 0. The van der Waals surface area contributed by atoms with E-state index in [0.29, 0.717) is 22.7 Å². The number of anilines is 1. The Labute approximate surface area is 121 Å². The third kappa shape index (κ3) is 2.94. The van der Waals surface area contributed by atoms with Crippen LogP contribution in [-0.2, 0) is 7.05 Å². The molecule has 0 saturated heterocycles. The number of nitrogens with zero attached hydrogens (tertiary/aromatic N) is 2. The van der Waals surface area contributed by atoms with Crippen LogP contribution >= 0.6 is 12.2 Å². The lowest BCUT2D eigenvalue weighted by molar-refractivity contribution is 0.102. The molecule has 7 heteroatoms. The first-order chi connectivity index (χ1) is 9.51. The number of amides is 1. The van der Waals surface area contributed by atoms with Crippen molar-refractivity contribution in [3.05, 3.63) is 41.7 Å². The van der Waals surface area contributed by atoms with E-state index in [2.05, 4.69) is 10.4 Å². The van der Waals surface area contributed by atoms with Gasteiger partial charge in [-0.2, -0.15) is 5.10 Å². The van der Waals surface area contributed by atoms with Crippen molar-refractivity contribution in [3.63, 3.8) is 0 Å². The number of nitrogens with one attached hydrogen (secondary N) is 1. The summed E-state index contributed by atoms with van der Waals surface area (Å²) in [5.74, 6) is 0.173. The van der Waals surface area contributed by atoms with Gasteiger partial charge in [-0.05, 0) is 24.3 Å². The van der Waals surface area contributed by atoms with Crippen molar-refractivity contribution in [1.29, 1.82) is 0 Å². The van der Waals surface area contributed by atoms with Gasteiger partial charge in [0.25, 0.3) is 5.91 Å². The van der Waals surface area contributed by atoms with Crippen LogP contribution in [0.15, 0.2) is 30.5 Å². The normalized spacial score (nSPS) is 10.1. The molecule has 20 heavy (non-hydrogen) atoms. The third-order valence-electron chi connectivity index (χ3n) is 2.68. The maximum absolute atomic E-state index is 12.0. The van der Waals surface area contributed by atoms with Crippen molar-refractivity contribution in [1.82, 2.24) is 9.78 Å². The molecule has 2 aromatic rings. The number of thiocarbonyl (C=S) groups is 1. The Morgan fingerprint density at radius 3 is 2.75 bits per heavy atom. The quantitative estimate of drug-likeness (QED) is 0.830. The van der Waals surface area contributed by atoms with Crippen LogP contribution in [0.3, 0.4) is 0 Å². The molecule has 0 aliphatic heterocycles. The molecule has 0 radical (unpaired) electrons. The molecule has 1 heterocycles. The van der Waals surface area contributed by atoms with Crippen LogP contribution in [0.25, 0.3) is 0 Å². The molecule has 0 unspecified atom stereocenters. The fraction of sp³-hybridized carbons (Fsp3) is 0.154. The Balaban J connectivity index is 2.25. The SMILES string of the molecule is COc1cc(C(N)=S)ccc1NC(=O)c1ccn(C)n1. The number of carbonyl (C=O) groups excluding carboxylic acids is 1. The predicted octanol–water partition coefficient (Wildman–Crippen LogP) is 1.32. The summed E-state index contributed by atoms with van der Waals surface area (Å²) in [7, 11) is 3.25. The van der Waals surface area contributed by atoms with E-state index >= 15 is 0 Å². The van der Waals surface area contributed by atoms with Gasteiger partial charge >= 0.3 is 0 Å². The van der Waals surface area contributed by atoms with E-state index in [1.165, 1.54) is 7.11 Å². The maximum atomic E-state index is 12.0. The van der Waals surface area contributed by atoms with Crippen LogP contribution in [0.2, 0.25) is 0 Å². The maximum Gasteiger partial charge on any atom is 0.276 e. The molecule has 6 nitrogen and oxygen atoms in total. The molecule has 104 valence electrons. The molecule has 0 aliphatic rings. The number of nitrogens with two attached hydrogens (primary N) is 1. The average Bonchev–Trinajstić information content (AvgIpc) is 2.85. The number of aryl methyl sites for hydroxylation is 1. The topological polar surface area (TPSA) is 82.2 Å². The number of benzene rings is 1. The monoisotopic (exact) mass is 290 g/mol. The number of ether oxygens (including phenoxy) is 1.